The number of thioether (sulfide) groups is 1. The first-order valence-corrected chi connectivity index (χ1v) is 7.90. The fraction of sp³-hybridized carbons (Fsp3) is 0.467. The van der Waals surface area contributed by atoms with Gasteiger partial charge in [0.05, 0.1) is 12.4 Å². The molecule has 0 saturated heterocycles. The Morgan fingerprint density at radius 2 is 1.81 bits per heavy atom. The smallest absolute Gasteiger partial charge is 0.325 e. The summed E-state index contributed by atoms with van der Waals surface area (Å²) in [5, 5.41) is 0.367. The lowest BCUT2D eigenvalue weighted by molar-refractivity contribution is -0.147. The number of nitrogens with zero attached hydrogens (tertiary/aromatic N) is 1. The molecule has 0 aliphatic heterocycles. The highest BCUT2D eigenvalue weighted by Gasteiger charge is 2.25. The molecule has 0 saturated carbocycles. The molecule has 1 aromatic carbocycles. The molecule has 4 nitrogen and oxygen atoms in total. The predicted molar refractivity (Wildman–Crippen MR) is 85.6 cm³/mol. The summed E-state index contributed by atoms with van der Waals surface area (Å²) in [6.45, 7) is 5.55. The Hall–Kier alpha value is -1.20. The number of carbonyl (C=O) groups is 2. The van der Waals surface area contributed by atoms with Gasteiger partial charge in [0.25, 0.3) is 0 Å². The Labute approximate surface area is 134 Å². The van der Waals surface area contributed by atoms with Crippen LogP contribution < -0.4 is 0 Å². The molecule has 0 bridgehead atoms. The Bertz CT molecular complexity index is 490. The van der Waals surface area contributed by atoms with E-state index in [1.807, 2.05) is 32.9 Å². The molecule has 0 aromatic heterocycles. The first-order chi connectivity index (χ1) is 9.85. The van der Waals surface area contributed by atoms with Gasteiger partial charge in [0.1, 0.15) is 6.54 Å². The number of carbonyl (C=O) groups excluding carboxylic acids is 2. The molecule has 0 aliphatic carbocycles. The highest BCUT2D eigenvalue weighted by molar-refractivity contribution is 8.00. The summed E-state index contributed by atoms with van der Waals surface area (Å²) in [7, 11) is 1.32. The van der Waals surface area contributed by atoms with Gasteiger partial charge in [-0.05, 0) is 45.0 Å². The molecule has 0 radical (unpaired) electrons. The maximum Gasteiger partial charge on any atom is 0.325 e. The molecule has 1 aromatic rings. The first kappa shape index (κ1) is 17.9. The number of benzene rings is 1. The minimum absolute atomic E-state index is 0.0292. The van der Waals surface area contributed by atoms with Crippen LogP contribution in [0, 0.1) is 0 Å². The number of esters is 1. The van der Waals surface area contributed by atoms with E-state index in [0.29, 0.717) is 5.02 Å². The van der Waals surface area contributed by atoms with E-state index in [1.54, 1.807) is 12.1 Å². The van der Waals surface area contributed by atoms with Crippen LogP contribution in [0.5, 0.6) is 0 Å². The summed E-state index contributed by atoms with van der Waals surface area (Å²) in [6, 6.07) is 7.25. The van der Waals surface area contributed by atoms with Crippen LogP contribution >= 0.6 is 23.4 Å². The van der Waals surface area contributed by atoms with Crippen LogP contribution in [0.4, 0.5) is 0 Å². The number of halogens is 1. The fourth-order valence-corrected chi connectivity index (χ4v) is 2.78. The van der Waals surface area contributed by atoms with Crippen molar-refractivity contribution in [2.45, 2.75) is 37.0 Å². The second kappa shape index (κ2) is 8.29. The van der Waals surface area contributed by atoms with Crippen LogP contribution in [-0.4, -0.2) is 41.7 Å². The molecule has 0 aliphatic rings. The normalized spacial score (nSPS) is 12.1. The Balaban J connectivity index is 2.73. The minimum atomic E-state index is -0.416. The Morgan fingerprint density at radius 1 is 1.24 bits per heavy atom. The number of amides is 1. The van der Waals surface area contributed by atoms with E-state index in [2.05, 4.69) is 4.74 Å². The lowest BCUT2D eigenvalue weighted by Gasteiger charge is -2.28. The summed E-state index contributed by atoms with van der Waals surface area (Å²) in [5.41, 5.74) is 0. The molecular formula is C15H20ClNO3S. The summed E-state index contributed by atoms with van der Waals surface area (Å²) < 4.78 is 4.64. The summed E-state index contributed by atoms with van der Waals surface area (Å²) in [6.07, 6.45) is 0. The third-order valence-corrected chi connectivity index (χ3v) is 4.26. The molecule has 6 heteroatoms. The van der Waals surface area contributed by atoms with Crippen LogP contribution in [0.15, 0.2) is 29.2 Å². The third-order valence-electron chi connectivity index (χ3n) is 2.91. The van der Waals surface area contributed by atoms with Gasteiger partial charge in [-0.15, -0.1) is 11.8 Å². The minimum Gasteiger partial charge on any atom is -0.468 e. The molecule has 116 valence electrons. The maximum absolute atomic E-state index is 12.5. The van der Waals surface area contributed by atoms with Crippen LogP contribution in [0.25, 0.3) is 0 Å². The quantitative estimate of drug-likeness (QED) is 0.594. The second-order valence-corrected chi connectivity index (χ2v) is 6.70. The molecular weight excluding hydrogens is 310 g/mol. The van der Waals surface area contributed by atoms with E-state index in [9.17, 15) is 9.59 Å². The average molecular weight is 330 g/mol. The fourth-order valence-electron chi connectivity index (χ4n) is 1.72. The number of hydrogen-bond acceptors (Lipinski definition) is 4. The van der Waals surface area contributed by atoms with E-state index in [1.165, 1.54) is 23.8 Å². The van der Waals surface area contributed by atoms with Crippen LogP contribution in [0.2, 0.25) is 5.02 Å². The van der Waals surface area contributed by atoms with Gasteiger partial charge in [-0.2, -0.15) is 0 Å². The van der Waals surface area contributed by atoms with Crippen molar-refractivity contribution in [2.75, 3.05) is 13.7 Å². The first-order valence-electron chi connectivity index (χ1n) is 6.64. The Morgan fingerprint density at radius 3 is 2.29 bits per heavy atom. The maximum atomic E-state index is 12.5. The highest BCUT2D eigenvalue weighted by atomic mass is 35.5. The highest BCUT2D eigenvalue weighted by Crippen LogP contribution is 2.26. The zero-order valence-corrected chi connectivity index (χ0v) is 14.2. The van der Waals surface area contributed by atoms with Crippen molar-refractivity contribution >= 4 is 35.2 Å². The summed E-state index contributed by atoms with van der Waals surface area (Å²) in [5.74, 6) is -0.504. The van der Waals surface area contributed by atoms with E-state index in [0.717, 1.165) is 4.90 Å². The lowest BCUT2D eigenvalue weighted by Crippen LogP contribution is -2.44. The van der Waals surface area contributed by atoms with E-state index in [-0.39, 0.29) is 23.7 Å². The molecule has 1 atom stereocenters. The molecule has 0 fully saturated rings. The summed E-state index contributed by atoms with van der Waals surface area (Å²) in [4.78, 5) is 26.4. The largest absolute Gasteiger partial charge is 0.468 e. The Kier molecular flexibility index (Phi) is 7.05. The van der Waals surface area contributed by atoms with Crippen molar-refractivity contribution in [3.05, 3.63) is 29.3 Å². The van der Waals surface area contributed by atoms with Crippen molar-refractivity contribution in [1.82, 2.24) is 4.90 Å². The van der Waals surface area contributed by atoms with Crippen molar-refractivity contribution in [3.8, 4) is 0 Å². The molecule has 21 heavy (non-hydrogen) atoms. The molecule has 0 spiro atoms. The lowest BCUT2D eigenvalue weighted by atomic mass is 10.2. The van der Waals surface area contributed by atoms with Crippen molar-refractivity contribution < 1.29 is 14.3 Å². The van der Waals surface area contributed by atoms with E-state index < -0.39 is 5.97 Å². The zero-order chi connectivity index (χ0) is 16.0. The van der Waals surface area contributed by atoms with Crippen LogP contribution in [-0.2, 0) is 14.3 Å². The molecule has 1 amide bonds. The molecule has 0 N–H and O–H groups in total. The van der Waals surface area contributed by atoms with Gasteiger partial charge in [0.15, 0.2) is 0 Å². The van der Waals surface area contributed by atoms with E-state index in [4.69, 9.17) is 11.6 Å². The third kappa shape index (κ3) is 5.59. The average Bonchev–Trinajstić information content (AvgIpc) is 2.45. The monoisotopic (exact) mass is 329 g/mol. The van der Waals surface area contributed by atoms with Crippen molar-refractivity contribution in [2.24, 2.45) is 0 Å². The van der Waals surface area contributed by atoms with Gasteiger partial charge in [-0.3, -0.25) is 9.59 Å². The number of rotatable bonds is 6. The standard InChI is InChI=1S/C15H20ClNO3S/c1-10(2)17(9-14(18)20-4)15(19)11(3)21-13-7-5-12(16)6-8-13/h5-8,10-11H,9H2,1-4H3. The number of methoxy groups -OCH3 is 1. The van der Waals surface area contributed by atoms with Gasteiger partial charge in [-0.25, -0.2) is 0 Å². The zero-order valence-electron chi connectivity index (χ0n) is 12.6. The SMILES string of the molecule is COC(=O)CN(C(=O)C(C)Sc1ccc(Cl)cc1)C(C)C. The second-order valence-electron chi connectivity index (χ2n) is 4.85. The molecule has 0 heterocycles. The van der Waals surface area contributed by atoms with E-state index >= 15 is 0 Å². The van der Waals surface area contributed by atoms with Gasteiger partial charge >= 0.3 is 5.97 Å². The molecule has 1 rings (SSSR count). The van der Waals surface area contributed by atoms with Crippen LogP contribution in [0.1, 0.15) is 20.8 Å². The van der Waals surface area contributed by atoms with Crippen molar-refractivity contribution in [1.29, 1.82) is 0 Å². The van der Waals surface area contributed by atoms with Gasteiger partial charge in [0, 0.05) is 16.0 Å². The molecule has 1 unspecified atom stereocenters. The van der Waals surface area contributed by atoms with Crippen LogP contribution in [0.3, 0.4) is 0 Å². The number of hydrogen-bond donors (Lipinski definition) is 0. The van der Waals surface area contributed by atoms with Gasteiger partial charge in [-0.1, -0.05) is 11.6 Å². The van der Waals surface area contributed by atoms with Gasteiger partial charge < -0.3 is 9.64 Å². The predicted octanol–water partition coefficient (Wildman–Crippen LogP) is 3.23. The number of ether oxygens (including phenoxy) is 1. The van der Waals surface area contributed by atoms with Crippen molar-refractivity contribution in [3.63, 3.8) is 0 Å². The topological polar surface area (TPSA) is 46.6 Å². The van der Waals surface area contributed by atoms with Gasteiger partial charge in [0.2, 0.25) is 5.91 Å². The summed E-state index contributed by atoms with van der Waals surface area (Å²) >= 11 is 7.28.